The van der Waals surface area contributed by atoms with E-state index in [4.69, 9.17) is 0 Å². The molecule has 0 saturated carbocycles. The summed E-state index contributed by atoms with van der Waals surface area (Å²) in [7, 11) is 0. The molecule has 0 aliphatic carbocycles. The average molecular weight is 423 g/mol. The van der Waals surface area contributed by atoms with Crippen LogP contribution in [0.15, 0.2) is 76.4 Å². The number of benzene rings is 2. The van der Waals surface area contributed by atoms with Crippen molar-refractivity contribution in [3.63, 3.8) is 0 Å². The van der Waals surface area contributed by atoms with Gasteiger partial charge >= 0.3 is 0 Å². The van der Waals surface area contributed by atoms with Gasteiger partial charge in [0.1, 0.15) is 11.9 Å². The lowest BCUT2D eigenvalue weighted by Gasteiger charge is -2.29. The number of anilines is 2. The van der Waals surface area contributed by atoms with E-state index in [0.717, 1.165) is 32.9 Å². The number of carbonyl (C=O) groups is 1. The number of aryl methyl sites for hydroxylation is 1. The number of carbonyl (C=O) groups excluding carboxylic acids is 1. The van der Waals surface area contributed by atoms with E-state index in [1.54, 1.807) is 0 Å². The zero-order valence-electron chi connectivity index (χ0n) is 15.0. The van der Waals surface area contributed by atoms with E-state index in [0.29, 0.717) is 5.57 Å². The number of halogens is 1. The molecule has 2 heterocycles. The number of amides is 1. The lowest BCUT2D eigenvalue weighted by atomic mass is 9.95. The minimum absolute atomic E-state index is 0.141. The van der Waals surface area contributed by atoms with Gasteiger partial charge < -0.3 is 10.6 Å². The van der Waals surface area contributed by atoms with Crippen molar-refractivity contribution < 1.29 is 4.79 Å². The molecular formula is C21H19BrN4O. The molecule has 27 heavy (non-hydrogen) atoms. The van der Waals surface area contributed by atoms with E-state index in [9.17, 15) is 4.79 Å². The van der Waals surface area contributed by atoms with Crippen molar-refractivity contribution in [2.45, 2.75) is 19.9 Å². The molecule has 1 aromatic heterocycles. The molecule has 0 radical (unpaired) electrons. The van der Waals surface area contributed by atoms with Crippen LogP contribution in [0.3, 0.4) is 0 Å². The van der Waals surface area contributed by atoms with Crippen LogP contribution < -0.4 is 10.6 Å². The number of para-hydroxylation sites is 1. The summed E-state index contributed by atoms with van der Waals surface area (Å²) < 4.78 is 2.87. The lowest BCUT2D eigenvalue weighted by molar-refractivity contribution is -0.113. The van der Waals surface area contributed by atoms with Gasteiger partial charge in [-0.25, -0.2) is 4.68 Å². The summed E-state index contributed by atoms with van der Waals surface area (Å²) in [5, 5.41) is 11.0. The highest BCUT2D eigenvalue weighted by atomic mass is 79.9. The number of nitrogens with zero attached hydrogens (tertiary/aromatic N) is 2. The van der Waals surface area contributed by atoms with Crippen LogP contribution in [0.25, 0.3) is 0 Å². The molecule has 0 saturated heterocycles. The Balaban J connectivity index is 1.79. The predicted octanol–water partition coefficient (Wildman–Crippen LogP) is 4.88. The smallest absolute Gasteiger partial charge is 0.255 e. The minimum Gasteiger partial charge on any atom is -0.344 e. The summed E-state index contributed by atoms with van der Waals surface area (Å²) in [6.45, 7) is 3.88. The van der Waals surface area contributed by atoms with Crippen LogP contribution in [0.5, 0.6) is 0 Å². The highest BCUT2D eigenvalue weighted by Crippen LogP contribution is 2.37. The summed E-state index contributed by atoms with van der Waals surface area (Å²) in [6, 6.07) is 19.2. The SMILES string of the molecule is CC1=C(C(=O)Nc2ccccc2)C(c2ccc(Br)cc2)n2nc(C)cc2N1. The van der Waals surface area contributed by atoms with Crippen molar-refractivity contribution in [2.75, 3.05) is 10.6 Å². The number of allylic oxidation sites excluding steroid dienone is 1. The number of fused-ring (bicyclic) bond motifs is 1. The van der Waals surface area contributed by atoms with Crippen molar-refractivity contribution in [1.29, 1.82) is 0 Å². The molecule has 0 bridgehead atoms. The van der Waals surface area contributed by atoms with Crippen molar-refractivity contribution in [1.82, 2.24) is 9.78 Å². The zero-order valence-corrected chi connectivity index (χ0v) is 16.6. The number of hydrogen-bond donors (Lipinski definition) is 2. The second kappa shape index (κ2) is 7.04. The molecule has 1 unspecified atom stereocenters. The van der Waals surface area contributed by atoms with Crippen LogP contribution in [0.4, 0.5) is 11.5 Å². The highest BCUT2D eigenvalue weighted by Gasteiger charge is 2.33. The van der Waals surface area contributed by atoms with Gasteiger partial charge in [0, 0.05) is 21.9 Å². The first-order chi connectivity index (χ1) is 13.0. The Morgan fingerprint density at radius 1 is 1.11 bits per heavy atom. The standard InChI is InChI=1S/C21H19BrN4O/c1-13-12-18-23-14(2)19(21(27)24-17-6-4-3-5-7-17)20(26(18)25-13)15-8-10-16(22)11-9-15/h3-12,20,23H,1-2H3,(H,24,27). The molecule has 0 spiro atoms. The fourth-order valence-corrected chi connectivity index (χ4v) is 3.63. The largest absolute Gasteiger partial charge is 0.344 e. The summed E-state index contributed by atoms with van der Waals surface area (Å²) in [5.41, 5.74) is 4.14. The van der Waals surface area contributed by atoms with E-state index in [2.05, 4.69) is 31.7 Å². The quantitative estimate of drug-likeness (QED) is 0.631. The van der Waals surface area contributed by atoms with Gasteiger partial charge in [0.2, 0.25) is 0 Å². The Morgan fingerprint density at radius 3 is 2.52 bits per heavy atom. The second-order valence-corrected chi connectivity index (χ2v) is 7.47. The number of rotatable bonds is 3. The van der Waals surface area contributed by atoms with Crippen LogP contribution >= 0.6 is 15.9 Å². The Morgan fingerprint density at radius 2 is 1.81 bits per heavy atom. The van der Waals surface area contributed by atoms with Gasteiger partial charge in [-0.3, -0.25) is 4.79 Å². The van der Waals surface area contributed by atoms with Crippen LogP contribution in [0.1, 0.15) is 24.2 Å². The van der Waals surface area contributed by atoms with Gasteiger partial charge in [-0.1, -0.05) is 46.3 Å². The molecule has 136 valence electrons. The molecule has 5 nitrogen and oxygen atoms in total. The third-order valence-corrected chi connectivity index (χ3v) is 5.09. The minimum atomic E-state index is -0.299. The number of aromatic nitrogens is 2. The Hall–Kier alpha value is -2.86. The maximum Gasteiger partial charge on any atom is 0.255 e. The van der Waals surface area contributed by atoms with Gasteiger partial charge in [-0.15, -0.1) is 0 Å². The van der Waals surface area contributed by atoms with E-state index in [1.807, 2.05) is 79.2 Å². The number of nitrogens with one attached hydrogen (secondary N) is 2. The molecule has 1 aliphatic rings. The van der Waals surface area contributed by atoms with Gasteiger partial charge in [0.05, 0.1) is 11.3 Å². The van der Waals surface area contributed by atoms with E-state index >= 15 is 0 Å². The predicted molar refractivity (Wildman–Crippen MR) is 111 cm³/mol. The molecule has 4 rings (SSSR count). The Bertz CT molecular complexity index is 1020. The van der Waals surface area contributed by atoms with Crippen LogP contribution in [-0.4, -0.2) is 15.7 Å². The van der Waals surface area contributed by atoms with Crippen molar-refractivity contribution in [3.8, 4) is 0 Å². The highest BCUT2D eigenvalue weighted by molar-refractivity contribution is 9.10. The summed E-state index contributed by atoms with van der Waals surface area (Å²) in [6.07, 6.45) is 0. The molecule has 1 amide bonds. The van der Waals surface area contributed by atoms with Crippen molar-refractivity contribution >= 4 is 33.3 Å². The van der Waals surface area contributed by atoms with Gasteiger partial charge in [-0.2, -0.15) is 5.10 Å². The van der Waals surface area contributed by atoms with Gasteiger partial charge in [0.15, 0.2) is 0 Å². The van der Waals surface area contributed by atoms with Gasteiger partial charge in [0.25, 0.3) is 5.91 Å². The molecule has 6 heteroatoms. The maximum absolute atomic E-state index is 13.2. The number of hydrogen-bond acceptors (Lipinski definition) is 3. The molecule has 3 aromatic rings. The van der Waals surface area contributed by atoms with Crippen LogP contribution in [0.2, 0.25) is 0 Å². The molecule has 1 aliphatic heterocycles. The first kappa shape index (κ1) is 17.5. The van der Waals surface area contributed by atoms with Crippen LogP contribution in [0, 0.1) is 6.92 Å². The second-order valence-electron chi connectivity index (χ2n) is 6.55. The van der Waals surface area contributed by atoms with E-state index in [1.165, 1.54) is 0 Å². The fraction of sp³-hybridized carbons (Fsp3) is 0.143. The molecule has 2 aromatic carbocycles. The maximum atomic E-state index is 13.2. The lowest BCUT2D eigenvalue weighted by Crippen LogP contribution is -2.31. The molecule has 0 fully saturated rings. The van der Waals surface area contributed by atoms with E-state index in [-0.39, 0.29) is 11.9 Å². The Labute approximate surface area is 166 Å². The third kappa shape index (κ3) is 3.40. The summed E-state index contributed by atoms with van der Waals surface area (Å²) in [5.74, 6) is 0.743. The fourth-order valence-electron chi connectivity index (χ4n) is 3.36. The zero-order chi connectivity index (χ0) is 19.0. The molecule has 1 atom stereocenters. The Kier molecular flexibility index (Phi) is 4.58. The summed E-state index contributed by atoms with van der Waals surface area (Å²) in [4.78, 5) is 13.2. The first-order valence-corrected chi connectivity index (χ1v) is 9.48. The van der Waals surface area contributed by atoms with Gasteiger partial charge in [-0.05, 0) is 43.7 Å². The summed E-state index contributed by atoms with van der Waals surface area (Å²) >= 11 is 3.48. The molecular weight excluding hydrogens is 404 g/mol. The average Bonchev–Trinajstić information content (AvgIpc) is 3.01. The monoisotopic (exact) mass is 422 g/mol. The van der Waals surface area contributed by atoms with E-state index < -0.39 is 0 Å². The first-order valence-electron chi connectivity index (χ1n) is 8.69. The van der Waals surface area contributed by atoms with Crippen LogP contribution in [-0.2, 0) is 4.79 Å². The third-order valence-electron chi connectivity index (χ3n) is 4.56. The molecule has 2 N–H and O–H groups in total. The topological polar surface area (TPSA) is 59.0 Å². The normalized spacial score (nSPS) is 15.9. The van der Waals surface area contributed by atoms with Crippen molar-refractivity contribution in [2.24, 2.45) is 0 Å². The van der Waals surface area contributed by atoms with Crippen molar-refractivity contribution in [3.05, 3.63) is 87.7 Å².